The first-order valence-electron chi connectivity index (χ1n) is 5.78. The number of anilines is 2. The molecule has 0 unspecified atom stereocenters. The molecular formula is C12H12FN5O2S. The molecule has 110 valence electrons. The number of nitrogens with zero attached hydrogens (tertiary/aromatic N) is 3. The zero-order valence-electron chi connectivity index (χ0n) is 11.3. The van der Waals surface area contributed by atoms with Crippen molar-refractivity contribution in [1.29, 1.82) is 5.26 Å². The predicted molar refractivity (Wildman–Crippen MR) is 74.3 cm³/mol. The molecule has 1 aromatic heterocycles. The average molecular weight is 309 g/mol. The van der Waals surface area contributed by atoms with Crippen LogP contribution in [0, 0.1) is 24.1 Å². The number of aromatic nitrogens is 2. The van der Waals surface area contributed by atoms with Gasteiger partial charge in [0.15, 0.2) is 5.82 Å². The molecule has 3 N–H and O–H groups in total. The average Bonchev–Trinajstić information content (AvgIpc) is 2.65. The molecule has 0 bridgehead atoms. The highest BCUT2D eigenvalue weighted by atomic mass is 32.2. The largest absolute Gasteiger partial charge is 0.394 e. The van der Waals surface area contributed by atoms with Gasteiger partial charge in [0.05, 0.1) is 21.8 Å². The van der Waals surface area contributed by atoms with Crippen LogP contribution in [-0.4, -0.2) is 18.2 Å². The lowest BCUT2D eigenvalue weighted by Crippen LogP contribution is -2.16. The highest BCUT2D eigenvalue weighted by molar-refractivity contribution is 7.92. The Kier molecular flexibility index (Phi) is 3.57. The van der Waals surface area contributed by atoms with Gasteiger partial charge in [-0.3, -0.25) is 4.72 Å². The number of hydrogen-bond acceptors (Lipinski definition) is 5. The molecule has 2 aromatic rings. The SMILES string of the molecule is Cc1nn(C)c(NS(=O)(=O)c2ccc(F)c(C#N)c2)c1N. The summed E-state index contributed by atoms with van der Waals surface area (Å²) < 4.78 is 41.3. The molecule has 0 amide bonds. The van der Waals surface area contributed by atoms with Crippen LogP contribution in [0.4, 0.5) is 15.9 Å². The number of nitrogens with one attached hydrogen (secondary N) is 1. The molecule has 0 aliphatic rings. The molecule has 0 saturated carbocycles. The van der Waals surface area contributed by atoms with Crippen molar-refractivity contribution in [3.63, 3.8) is 0 Å². The van der Waals surface area contributed by atoms with Gasteiger partial charge in [-0.2, -0.15) is 10.4 Å². The first kappa shape index (κ1) is 14.8. The Hall–Kier alpha value is -2.60. The number of nitrogen functional groups attached to an aromatic ring is 1. The maximum atomic E-state index is 13.2. The summed E-state index contributed by atoms with van der Waals surface area (Å²) in [5.74, 6) is -0.678. The Morgan fingerprint density at radius 3 is 2.67 bits per heavy atom. The summed E-state index contributed by atoms with van der Waals surface area (Å²) in [6.45, 7) is 1.64. The maximum Gasteiger partial charge on any atom is 0.263 e. The van der Waals surface area contributed by atoms with Crippen molar-refractivity contribution in [3.05, 3.63) is 35.3 Å². The minimum atomic E-state index is -4.00. The zero-order valence-corrected chi connectivity index (χ0v) is 12.1. The van der Waals surface area contributed by atoms with Crippen molar-refractivity contribution in [2.75, 3.05) is 10.5 Å². The van der Waals surface area contributed by atoms with Crippen LogP contribution in [0.1, 0.15) is 11.3 Å². The summed E-state index contributed by atoms with van der Waals surface area (Å²) in [6, 6.07) is 4.53. The van der Waals surface area contributed by atoms with Gasteiger partial charge >= 0.3 is 0 Å². The molecule has 0 aliphatic carbocycles. The van der Waals surface area contributed by atoms with E-state index in [1.165, 1.54) is 11.7 Å². The summed E-state index contributed by atoms with van der Waals surface area (Å²) in [5, 5.41) is 12.7. The summed E-state index contributed by atoms with van der Waals surface area (Å²) in [6.07, 6.45) is 0. The fraction of sp³-hybridized carbons (Fsp3) is 0.167. The van der Waals surface area contributed by atoms with Gasteiger partial charge in [-0.15, -0.1) is 0 Å². The number of halogens is 1. The van der Waals surface area contributed by atoms with Gasteiger partial charge < -0.3 is 5.73 Å². The molecule has 21 heavy (non-hydrogen) atoms. The Morgan fingerprint density at radius 1 is 1.48 bits per heavy atom. The van der Waals surface area contributed by atoms with Crippen LogP contribution in [0.3, 0.4) is 0 Å². The summed E-state index contributed by atoms with van der Waals surface area (Å²) in [7, 11) is -2.47. The van der Waals surface area contributed by atoms with E-state index in [4.69, 9.17) is 11.0 Å². The van der Waals surface area contributed by atoms with Gasteiger partial charge in [-0.05, 0) is 25.1 Å². The Balaban J connectivity index is 2.46. The van der Waals surface area contributed by atoms with Crippen molar-refractivity contribution in [1.82, 2.24) is 9.78 Å². The van der Waals surface area contributed by atoms with Crippen LogP contribution in [0.15, 0.2) is 23.1 Å². The molecule has 0 spiro atoms. The normalized spacial score (nSPS) is 11.1. The van der Waals surface area contributed by atoms with Crippen LogP contribution in [0.2, 0.25) is 0 Å². The lowest BCUT2D eigenvalue weighted by molar-refractivity contribution is 0.598. The molecule has 9 heteroatoms. The van der Waals surface area contributed by atoms with Crippen LogP contribution in [-0.2, 0) is 17.1 Å². The van der Waals surface area contributed by atoms with Crippen molar-refractivity contribution >= 4 is 21.5 Å². The summed E-state index contributed by atoms with van der Waals surface area (Å²) in [5.41, 5.74) is 6.07. The topological polar surface area (TPSA) is 114 Å². The second-order valence-electron chi connectivity index (χ2n) is 4.33. The molecule has 2 rings (SSSR count). The van der Waals surface area contributed by atoms with E-state index in [9.17, 15) is 12.8 Å². The highest BCUT2D eigenvalue weighted by Crippen LogP contribution is 2.24. The van der Waals surface area contributed by atoms with Crippen molar-refractivity contribution in [3.8, 4) is 6.07 Å². The van der Waals surface area contributed by atoms with Crippen molar-refractivity contribution in [2.45, 2.75) is 11.8 Å². The van der Waals surface area contributed by atoms with E-state index < -0.39 is 15.8 Å². The third-order valence-corrected chi connectivity index (χ3v) is 4.20. The number of rotatable bonds is 3. The standard InChI is InChI=1S/C12H12FN5O2S/c1-7-11(15)12(18(2)16-7)17-21(19,20)9-3-4-10(13)8(5-9)6-14/h3-5,17H,15H2,1-2H3. The van der Waals surface area contributed by atoms with Crippen LogP contribution < -0.4 is 10.5 Å². The Labute approximate surface area is 120 Å². The number of aryl methyl sites for hydroxylation is 2. The van der Waals surface area contributed by atoms with E-state index in [0.717, 1.165) is 18.2 Å². The van der Waals surface area contributed by atoms with Gasteiger partial charge in [0.1, 0.15) is 11.9 Å². The Bertz CT molecular complexity index is 851. The molecule has 0 fully saturated rings. The maximum absolute atomic E-state index is 13.2. The number of benzene rings is 1. The quantitative estimate of drug-likeness (QED) is 0.882. The van der Waals surface area contributed by atoms with Gasteiger partial charge in [-0.1, -0.05) is 0 Å². The lowest BCUT2D eigenvalue weighted by atomic mass is 10.2. The Morgan fingerprint density at radius 2 is 2.14 bits per heavy atom. The molecule has 0 aliphatic heterocycles. The third kappa shape index (κ3) is 2.66. The van der Waals surface area contributed by atoms with E-state index in [-0.39, 0.29) is 22.0 Å². The summed E-state index contributed by atoms with van der Waals surface area (Å²) >= 11 is 0. The summed E-state index contributed by atoms with van der Waals surface area (Å²) in [4.78, 5) is -0.237. The number of sulfonamides is 1. The van der Waals surface area contributed by atoms with E-state index in [0.29, 0.717) is 5.69 Å². The predicted octanol–water partition coefficient (Wildman–Crippen LogP) is 1.12. The minimum Gasteiger partial charge on any atom is -0.394 e. The number of nitrogens with two attached hydrogens (primary N) is 1. The smallest absolute Gasteiger partial charge is 0.263 e. The molecule has 1 heterocycles. The number of nitriles is 1. The number of hydrogen-bond donors (Lipinski definition) is 2. The molecular weight excluding hydrogens is 297 g/mol. The van der Waals surface area contributed by atoms with Gasteiger partial charge in [0, 0.05) is 7.05 Å². The molecule has 0 radical (unpaired) electrons. The van der Waals surface area contributed by atoms with Gasteiger partial charge in [0.2, 0.25) is 0 Å². The van der Waals surface area contributed by atoms with Crippen LogP contribution in [0.25, 0.3) is 0 Å². The third-order valence-electron chi connectivity index (χ3n) is 2.87. The van der Waals surface area contributed by atoms with E-state index >= 15 is 0 Å². The van der Waals surface area contributed by atoms with Crippen molar-refractivity contribution in [2.24, 2.45) is 7.05 Å². The van der Waals surface area contributed by atoms with Crippen molar-refractivity contribution < 1.29 is 12.8 Å². The van der Waals surface area contributed by atoms with E-state index in [1.54, 1.807) is 13.0 Å². The van der Waals surface area contributed by atoms with Gasteiger partial charge in [0.25, 0.3) is 10.0 Å². The van der Waals surface area contributed by atoms with E-state index in [1.807, 2.05) is 0 Å². The minimum absolute atomic E-state index is 0.107. The highest BCUT2D eigenvalue weighted by Gasteiger charge is 2.20. The molecule has 0 saturated heterocycles. The van der Waals surface area contributed by atoms with Crippen LogP contribution >= 0.6 is 0 Å². The first-order chi connectivity index (χ1) is 9.76. The fourth-order valence-corrected chi connectivity index (χ4v) is 2.87. The first-order valence-corrected chi connectivity index (χ1v) is 7.26. The second kappa shape index (κ2) is 5.06. The van der Waals surface area contributed by atoms with E-state index in [2.05, 4.69) is 9.82 Å². The monoisotopic (exact) mass is 309 g/mol. The van der Waals surface area contributed by atoms with Crippen LogP contribution in [0.5, 0.6) is 0 Å². The molecule has 0 atom stereocenters. The van der Waals surface area contributed by atoms with Gasteiger partial charge in [-0.25, -0.2) is 17.5 Å². The zero-order chi connectivity index (χ0) is 15.8. The molecule has 1 aromatic carbocycles. The fourth-order valence-electron chi connectivity index (χ4n) is 1.74. The lowest BCUT2D eigenvalue weighted by Gasteiger charge is -2.09. The molecule has 7 nitrogen and oxygen atoms in total. The second-order valence-corrected chi connectivity index (χ2v) is 6.01.